The van der Waals surface area contributed by atoms with Crippen LogP contribution in [0.15, 0.2) is 47.0 Å². The second-order valence-corrected chi connectivity index (χ2v) is 15.2. The minimum atomic E-state index is -0.705. The number of carbonyl (C=O) groups is 4. The van der Waals surface area contributed by atoms with Gasteiger partial charge in [-0.2, -0.15) is 0 Å². The summed E-state index contributed by atoms with van der Waals surface area (Å²) in [6.07, 6.45) is 8.87. The number of piperidine rings is 2. The summed E-state index contributed by atoms with van der Waals surface area (Å²) in [5.74, 6) is 0.385. The Morgan fingerprint density at radius 1 is 0.940 bits per heavy atom. The largest absolute Gasteiger partial charge is 0.341 e. The molecule has 0 saturated carbocycles. The van der Waals surface area contributed by atoms with Crippen LogP contribution in [0.25, 0.3) is 6.08 Å². The van der Waals surface area contributed by atoms with E-state index in [9.17, 15) is 19.2 Å². The number of ketones is 1. The van der Waals surface area contributed by atoms with E-state index in [1.807, 2.05) is 52.1 Å². The summed E-state index contributed by atoms with van der Waals surface area (Å²) >= 11 is 0. The van der Waals surface area contributed by atoms with Gasteiger partial charge in [-0.3, -0.25) is 19.4 Å². The fraction of sp³-hybridized carbons (Fsp3) is 0.525. The van der Waals surface area contributed by atoms with Gasteiger partial charge < -0.3 is 25.3 Å². The average molecular weight is 679 g/mol. The molecule has 0 bridgehead atoms. The van der Waals surface area contributed by atoms with Gasteiger partial charge in [-0.15, -0.1) is 0 Å². The zero-order valence-corrected chi connectivity index (χ0v) is 29.7. The zero-order valence-electron chi connectivity index (χ0n) is 29.7. The lowest BCUT2D eigenvalue weighted by Gasteiger charge is -2.40. The lowest BCUT2D eigenvalue weighted by atomic mass is 9.77. The number of likely N-dealkylation sites (tertiary alicyclic amines) is 3. The van der Waals surface area contributed by atoms with Crippen molar-refractivity contribution < 1.29 is 19.2 Å². The number of likely N-dealkylation sites (N-methyl/N-ethyl adjacent to an activating group) is 1. The first-order chi connectivity index (χ1) is 24.1. The Bertz CT molecular complexity index is 1730. The molecule has 10 heteroatoms. The summed E-state index contributed by atoms with van der Waals surface area (Å²) in [6.45, 7) is 8.43. The zero-order chi connectivity index (χ0) is 35.0. The maximum absolute atomic E-state index is 14.4. The molecule has 4 amide bonds. The van der Waals surface area contributed by atoms with Gasteiger partial charge in [0.25, 0.3) is 0 Å². The number of carbonyl (C=O) groups excluding carboxylic acids is 4. The highest BCUT2D eigenvalue weighted by molar-refractivity contribution is 6.04. The van der Waals surface area contributed by atoms with Crippen LogP contribution in [0, 0.1) is 18.3 Å². The number of hydrogen-bond acceptors (Lipinski definition) is 6. The van der Waals surface area contributed by atoms with Crippen LogP contribution < -0.4 is 10.6 Å². The minimum Gasteiger partial charge on any atom is -0.341 e. The van der Waals surface area contributed by atoms with E-state index in [-0.39, 0.29) is 41.0 Å². The van der Waals surface area contributed by atoms with Crippen molar-refractivity contribution in [3.8, 4) is 0 Å². The molecule has 10 nitrogen and oxygen atoms in total. The van der Waals surface area contributed by atoms with Crippen LogP contribution in [0.3, 0.4) is 0 Å². The Labute approximate surface area is 295 Å². The van der Waals surface area contributed by atoms with E-state index in [1.165, 1.54) is 5.56 Å². The predicted octanol–water partition coefficient (Wildman–Crippen LogP) is 3.92. The first kappa shape index (κ1) is 34.2. The highest BCUT2D eigenvalue weighted by Crippen LogP contribution is 2.41. The quantitative estimate of drug-likeness (QED) is 0.461. The molecule has 3 fully saturated rings. The molecule has 264 valence electrons. The van der Waals surface area contributed by atoms with Gasteiger partial charge in [-0.05, 0) is 115 Å². The number of hydrogen-bond donors (Lipinski definition) is 2. The third-order valence-corrected chi connectivity index (χ3v) is 12.0. The summed E-state index contributed by atoms with van der Waals surface area (Å²) in [7, 11) is 1.81. The fourth-order valence-corrected chi connectivity index (χ4v) is 8.73. The van der Waals surface area contributed by atoms with Crippen molar-refractivity contribution in [2.24, 2.45) is 16.3 Å². The third kappa shape index (κ3) is 6.87. The van der Waals surface area contributed by atoms with E-state index >= 15 is 0 Å². The molecule has 2 atom stereocenters. The number of aliphatic imine (C=N–C) groups is 1. The molecular weight excluding hydrogens is 628 g/mol. The van der Waals surface area contributed by atoms with Gasteiger partial charge in [0.15, 0.2) is 5.78 Å². The van der Waals surface area contributed by atoms with Crippen molar-refractivity contribution in [3.05, 3.63) is 75.4 Å². The van der Waals surface area contributed by atoms with Gasteiger partial charge in [0.1, 0.15) is 6.04 Å². The van der Waals surface area contributed by atoms with Crippen LogP contribution in [-0.4, -0.2) is 103 Å². The number of allylic oxidation sites excluding steroid dienone is 1. The van der Waals surface area contributed by atoms with Crippen LogP contribution in [0.2, 0.25) is 0 Å². The molecule has 1 spiro atoms. The van der Waals surface area contributed by atoms with Gasteiger partial charge in [0.05, 0.1) is 12.6 Å². The topological polar surface area (TPSA) is 114 Å². The Balaban J connectivity index is 1.03. The van der Waals surface area contributed by atoms with E-state index in [2.05, 4.69) is 40.7 Å². The molecule has 2 aromatic rings. The number of nitrogens with one attached hydrogen (secondary N) is 2. The minimum absolute atomic E-state index is 0.00185. The molecule has 7 rings (SSSR count). The van der Waals surface area contributed by atoms with Crippen LogP contribution in [0.1, 0.15) is 72.4 Å². The van der Waals surface area contributed by atoms with Crippen LogP contribution >= 0.6 is 0 Å². The third-order valence-electron chi connectivity index (χ3n) is 12.0. The highest BCUT2D eigenvalue weighted by Gasteiger charge is 2.44. The maximum Gasteiger partial charge on any atom is 0.318 e. The van der Waals surface area contributed by atoms with Gasteiger partial charge in [0, 0.05) is 58.3 Å². The Morgan fingerprint density at radius 2 is 1.66 bits per heavy atom. The van der Waals surface area contributed by atoms with Crippen LogP contribution in [0.5, 0.6) is 0 Å². The molecule has 4 aliphatic heterocycles. The van der Waals surface area contributed by atoms with Gasteiger partial charge >= 0.3 is 6.03 Å². The number of benzene rings is 2. The van der Waals surface area contributed by atoms with Crippen molar-refractivity contribution >= 4 is 35.9 Å². The number of amides is 4. The molecule has 2 aromatic carbocycles. The van der Waals surface area contributed by atoms with Gasteiger partial charge in [-0.1, -0.05) is 30.3 Å². The van der Waals surface area contributed by atoms with E-state index in [1.54, 1.807) is 7.05 Å². The predicted molar refractivity (Wildman–Crippen MR) is 194 cm³/mol. The van der Waals surface area contributed by atoms with Crippen molar-refractivity contribution in [2.45, 2.75) is 77.4 Å². The van der Waals surface area contributed by atoms with Gasteiger partial charge in [-0.25, -0.2) is 4.79 Å². The summed E-state index contributed by atoms with van der Waals surface area (Å²) in [4.78, 5) is 64.2. The molecule has 0 radical (unpaired) electrons. The second kappa shape index (κ2) is 14.1. The number of urea groups is 1. The molecule has 0 aromatic heterocycles. The first-order valence-corrected chi connectivity index (χ1v) is 18.4. The molecule has 5 aliphatic rings. The van der Waals surface area contributed by atoms with Crippen molar-refractivity contribution in [2.75, 3.05) is 46.3 Å². The maximum atomic E-state index is 14.4. The summed E-state index contributed by atoms with van der Waals surface area (Å²) in [5, 5.41) is 6.22. The van der Waals surface area contributed by atoms with Crippen molar-refractivity contribution in [1.29, 1.82) is 0 Å². The molecular formula is C40H50N6O4. The molecule has 3 saturated heterocycles. The Kier molecular flexibility index (Phi) is 9.65. The van der Waals surface area contributed by atoms with Crippen LogP contribution in [-0.2, 0) is 33.8 Å². The van der Waals surface area contributed by atoms with Gasteiger partial charge in [0.2, 0.25) is 11.8 Å². The highest BCUT2D eigenvalue weighted by atomic mass is 16.2. The summed E-state index contributed by atoms with van der Waals surface area (Å²) < 4.78 is 0. The molecule has 50 heavy (non-hydrogen) atoms. The van der Waals surface area contributed by atoms with E-state index < -0.39 is 6.04 Å². The number of aryl methyl sites for hydroxylation is 1. The molecule has 0 unspecified atom stereocenters. The van der Waals surface area contributed by atoms with Crippen molar-refractivity contribution in [3.63, 3.8) is 0 Å². The SMILES string of the molecule is CN[C@H](C)C(=O)N1CCC2(CC1)CCN(C(=O)[C@@H](Cc1cc(C)c3c(c1)C=NC3)NC(=O)N1CCC(C3=Cc4ccccc4CC3=O)CC1)C2. The smallest absolute Gasteiger partial charge is 0.318 e. The number of nitrogens with zero attached hydrogens (tertiary/aromatic N) is 4. The monoisotopic (exact) mass is 678 g/mol. The van der Waals surface area contributed by atoms with Crippen LogP contribution in [0.4, 0.5) is 4.79 Å². The number of rotatable bonds is 7. The standard InChI is InChI=1S/C40H50N6O4/c1-26-18-28(19-32-23-42-24-34(26)32)20-35(38(49)46-17-12-40(25-46)10-15-44(16-11-40)37(48)27(2)41-3)43-39(50)45-13-8-29(9-14-45)33-21-30-6-4-5-7-31(30)22-36(33)47/h4-7,18-19,21,23,27,29,35,41H,8-17,20,22,24-25H2,1-3H3,(H,43,50)/t27-,35-/m1/s1. The summed E-state index contributed by atoms with van der Waals surface area (Å²) in [6, 6.07) is 11.2. The molecule has 4 heterocycles. The van der Waals surface area contributed by atoms with E-state index in [0.29, 0.717) is 58.7 Å². The average Bonchev–Trinajstić information content (AvgIpc) is 3.78. The Hall–Kier alpha value is -4.31. The lowest BCUT2D eigenvalue weighted by Crippen LogP contribution is -2.54. The van der Waals surface area contributed by atoms with E-state index in [0.717, 1.165) is 65.5 Å². The van der Waals surface area contributed by atoms with E-state index in [4.69, 9.17) is 0 Å². The normalized spacial score (nSPS) is 21.1. The second-order valence-electron chi connectivity index (χ2n) is 15.2. The first-order valence-electron chi connectivity index (χ1n) is 18.4. The lowest BCUT2D eigenvalue weighted by molar-refractivity contribution is -0.136. The Morgan fingerprint density at radius 3 is 2.40 bits per heavy atom. The number of fused-ring (bicyclic) bond motifs is 2. The number of Topliss-reactive ketones (excluding diaryl/α,β-unsaturated/α-hetero) is 1. The summed E-state index contributed by atoms with van der Waals surface area (Å²) in [5.41, 5.74) is 7.52. The molecule has 2 N–H and O–H groups in total. The fourth-order valence-electron chi connectivity index (χ4n) is 8.73. The van der Waals surface area contributed by atoms with Crippen molar-refractivity contribution in [1.82, 2.24) is 25.3 Å². The molecule has 1 aliphatic carbocycles.